The molecular weight excluding hydrogens is 174 g/mol. The molecule has 0 amide bonds. The summed E-state index contributed by atoms with van der Waals surface area (Å²) in [5.41, 5.74) is 3.19. The lowest BCUT2D eigenvalue weighted by atomic mass is 9.98. The number of H-pyrrole nitrogens is 1. The predicted octanol–water partition coefficient (Wildman–Crippen LogP) is 2.62. The average molecular weight is 185 g/mol. The van der Waals surface area contributed by atoms with Crippen molar-refractivity contribution in [3.05, 3.63) is 41.6 Å². The molecule has 0 radical (unpaired) electrons. The first-order valence-corrected chi connectivity index (χ1v) is 4.81. The highest BCUT2D eigenvalue weighted by molar-refractivity contribution is 5.88. The molecule has 2 heteroatoms. The van der Waals surface area contributed by atoms with Crippen LogP contribution >= 0.6 is 0 Å². The van der Waals surface area contributed by atoms with Gasteiger partial charge >= 0.3 is 0 Å². The van der Waals surface area contributed by atoms with Crippen molar-refractivity contribution >= 4 is 17.0 Å². The first-order chi connectivity index (χ1) is 6.86. The lowest BCUT2D eigenvalue weighted by Gasteiger charge is -2.12. The summed E-state index contributed by atoms with van der Waals surface area (Å²) in [6.45, 7) is 0. The van der Waals surface area contributed by atoms with Crippen molar-refractivity contribution in [1.82, 2.24) is 4.98 Å². The predicted molar refractivity (Wildman–Crippen MR) is 56.9 cm³/mol. The minimum Gasteiger partial charge on any atom is -0.388 e. The summed E-state index contributed by atoms with van der Waals surface area (Å²) in [5, 5.41) is 11.0. The van der Waals surface area contributed by atoms with Gasteiger partial charge < -0.3 is 10.1 Å². The van der Waals surface area contributed by atoms with Gasteiger partial charge in [0.1, 0.15) is 0 Å². The number of aromatic amines is 1. The van der Waals surface area contributed by atoms with Crippen LogP contribution in [-0.4, -0.2) is 10.1 Å². The molecular formula is C12H11NO. The minimum absolute atomic E-state index is 0.355. The Morgan fingerprint density at radius 1 is 1.29 bits per heavy atom. The fourth-order valence-corrected chi connectivity index (χ4v) is 2.11. The molecule has 0 bridgehead atoms. The summed E-state index contributed by atoms with van der Waals surface area (Å²) < 4.78 is 0. The van der Waals surface area contributed by atoms with Gasteiger partial charge in [0.2, 0.25) is 0 Å². The maximum atomic E-state index is 9.88. The van der Waals surface area contributed by atoms with Gasteiger partial charge in [-0.05, 0) is 18.6 Å². The van der Waals surface area contributed by atoms with E-state index in [0.717, 1.165) is 28.6 Å². The van der Waals surface area contributed by atoms with Crippen molar-refractivity contribution in [3.8, 4) is 0 Å². The molecule has 1 heterocycles. The molecule has 3 rings (SSSR count). The fraction of sp³-hybridized carbons (Fsp3) is 0.167. The zero-order valence-corrected chi connectivity index (χ0v) is 7.70. The third-order valence-corrected chi connectivity index (χ3v) is 2.75. The maximum absolute atomic E-state index is 9.88. The molecule has 1 unspecified atom stereocenters. The number of rotatable bonds is 0. The number of nitrogens with one attached hydrogen (secondary N) is 1. The van der Waals surface area contributed by atoms with Gasteiger partial charge in [0.25, 0.3) is 0 Å². The van der Waals surface area contributed by atoms with Gasteiger partial charge in [-0.2, -0.15) is 0 Å². The third kappa shape index (κ3) is 0.946. The summed E-state index contributed by atoms with van der Waals surface area (Å²) in [7, 11) is 0. The molecule has 1 aromatic heterocycles. The van der Waals surface area contributed by atoms with Gasteiger partial charge in [0.15, 0.2) is 0 Å². The highest BCUT2D eigenvalue weighted by Crippen LogP contribution is 2.33. The van der Waals surface area contributed by atoms with E-state index >= 15 is 0 Å². The molecule has 70 valence electrons. The van der Waals surface area contributed by atoms with Crippen LogP contribution in [0.3, 0.4) is 0 Å². The van der Waals surface area contributed by atoms with Crippen molar-refractivity contribution in [2.75, 3.05) is 0 Å². The second-order valence-corrected chi connectivity index (χ2v) is 3.65. The van der Waals surface area contributed by atoms with E-state index < -0.39 is 0 Å². The number of aliphatic hydroxyl groups is 1. The SMILES string of the molecule is OC1CC=Cc2[nH]c3ccccc3c21. The van der Waals surface area contributed by atoms with Crippen molar-refractivity contribution in [2.24, 2.45) is 0 Å². The molecule has 0 spiro atoms. The lowest BCUT2D eigenvalue weighted by molar-refractivity contribution is 0.181. The van der Waals surface area contributed by atoms with Crippen molar-refractivity contribution < 1.29 is 5.11 Å². The van der Waals surface area contributed by atoms with E-state index in [1.54, 1.807) is 0 Å². The van der Waals surface area contributed by atoms with Crippen LogP contribution in [0.25, 0.3) is 17.0 Å². The topological polar surface area (TPSA) is 36.0 Å². The number of aliphatic hydroxyl groups excluding tert-OH is 1. The fourth-order valence-electron chi connectivity index (χ4n) is 2.11. The van der Waals surface area contributed by atoms with Crippen molar-refractivity contribution in [2.45, 2.75) is 12.5 Å². The second kappa shape index (κ2) is 2.72. The molecule has 14 heavy (non-hydrogen) atoms. The third-order valence-electron chi connectivity index (χ3n) is 2.75. The van der Waals surface area contributed by atoms with Gasteiger partial charge in [-0.15, -0.1) is 0 Å². The molecule has 2 N–H and O–H groups in total. The quantitative estimate of drug-likeness (QED) is 0.650. The highest BCUT2D eigenvalue weighted by atomic mass is 16.3. The number of para-hydroxylation sites is 1. The molecule has 0 aliphatic heterocycles. The van der Waals surface area contributed by atoms with Crippen LogP contribution in [-0.2, 0) is 0 Å². The van der Waals surface area contributed by atoms with Crippen LogP contribution in [0.2, 0.25) is 0 Å². The Hall–Kier alpha value is -1.54. The second-order valence-electron chi connectivity index (χ2n) is 3.65. The molecule has 0 fully saturated rings. The first-order valence-electron chi connectivity index (χ1n) is 4.81. The normalized spacial score (nSPS) is 19.9. The number of hydrogen-bond donors (Lipinski definition) is 2. The molecule has 1 atom stereocenters. The largest absolute Gasteiger partial charge is 0.388 e. The van der Waals surface area contributed by atoms with Gasteiger partial charge in [0, 0.05) is 22.2 Å². The van der Waals surface area contributed by atoms with E-state index in [1.807, 2.05) is 36.4 Å². The maximum Gasteiger partial charge on any atom is 0.0851 e. The Kier molecular flexibility index (Phi) is 1.52. The van der Waals surface area contributed by atoms with E-state index in [4.69, 9.17) is 0 Å². The van der Waals surface area contributed by atoms with E-state index in [-0.39, 0.29) is 6.10 Å². The van der Waals surface area contributed by atoms with E-state index in [1.165, 1.54) is 0 Å². The summed E-state index contributed by atoms with van der Waals surface area (Å²) in [6, 6.07) is 8.09. The highest BCUT2D eigenvalue weighted by Gasteiger charge is 2.18. The lowest BCUT2D eigenvalue weighted by Crippen LogP contribution is -2.00. The monoisotopic (exact) mass is 185 g/mol. The standard InChI is InChI=1S/C12H11NO/c14-11-7-3-6-10-12(11)8-4-1-2-5-9(8)13-10/h1-6,11,13-14H,7H2. The van der Waals surface area contributed by atoms with Crippen LogP contribution in [0.1, 0.15) is 23.8 Å². The van der Waals surface area contributed by atoms with Gasteiger partial charge in [-0.3, -0.25) is 0 Å². The molecule has 0 saturated carbocycles. The van der Waals surface area contributed by atoms with Crippen LogP contribution in [0.15, 0.2) is 30.3 Å². The Labute approximate surface area is 81.9 Å². The Morgan fingerprint density at radius 2 is 2.14 bits per heavy atom. The van der Waals surface area contributed by atoms with Crippen molar-refractivity contribution in [1.29, 1.82) is 0 Å². The van der Waals surface area contributed by atoms with Gasteiger partial charge in [0.05, 0.1) is 6.10 Å². The smallest absolute Gasteiger partial charge is 0.0851 e. The van der Waals surface area contributed by atoms with Gasteiger partial charge in [-0.1, -0.05) is 24.3 Å². The number of fused-ring (bicyclic) bond motifs is 3. The van der Waals surface area contributed by atoms with Crippen molar-refractivity contribution in [3.63, 3.8) is 0 Å². The first kappa shape index (κ1) is 7.83. The summed E-state index contributed by atoms with van der Waals surface area (Å²) >= 11 is 0. The Bertz CT molecular complexity index is 510. The average Bonchev–Trinajstić information content (AvgIpc) is 2.57. The molecule has 1 aliphatic rings. The van der Waals surface area contributed by atoms with E-state index in [2.05, 4.69) is 4.98 Å². The van der Waals surface area contributed by atoms with E-state index in [0.29, 0.717) is 0 Å². The molecule has 1 aromatic carbocycles. The van der Waals surface area contributed by atoms with Crippen LogP contribution in [0.5, 0.6) is 0 Å². The van der Waals surface area contributed by atoms with Crippen LogP contribution in [0.4, 0.5) is 0 Å². The van der Waals surface area contributed by atoms with Crippen LogP contribution in [0, 0.1) is 0 Å². The van der Waals surface area contributed by atoms with Gasteiger partial charge in [-0.25, -0.2) is 0 Å². The zero-order valence-electron chi connectivity index (χ0n) is 7.70. The molecule has 0 saturated heterocycles. The minimum atomic E-state index is -0.355. The van der Waals surface area contributed by atoms with E-state index in [9.17, 15) is 5.11 Å². The summed E-state index contributed by atoms with van der Waals surface area (Å²) in [6.07, 6.45) is 4.41. The molecule has 2 nitrogen and oxygen atoms in total. The summed E-state index contributed by atoms with van der Waals surface area (Å²) in [4.78, 5) is 3.30. The number of hydrogen-bond acceptors (Lipinski definition) is 1. The Balaban J connectivity index is 2.40. The van der Waals surface area contributed by atoms with Crippen LogP contribution < -0.4 is 0 Å². The zero-order chi connectivity index (χ0) is 9.54. The molecule has 2 aromatic rings. The molecule has 1 aliphatic carbocycles. The Morgan fingerprint density at radius 3 is 3.07 bits per heavy atom. The number of aromatic nitrogens is 1. The summed E-state index contributed by atoms with van der Waals surface area (Å²) in [5.74, 6) is 0. The number of benzene rings is 1.